The summed E-state index contributed by atoms with van der Waals surface area (Å²) >= 11 is 0. The summed E-state index contributed by atoms with van der Waals surface area (Å²) in [5.41, 5.74) is 1.81. The molecule has 24 heavy (non-hydrogen) atoms. The molecule has 0 saturated heterocycles. The first kappa shape index (κ1) is 18.0. The topological polar surface area (TPSA) is 58.6 Å². The number of carbonyl (C=O) groups excluding carboxylic acids is 1. The Morgan fingerprint density at radius 3 is 2.33 bits per heavy atom. The Morgan fingerprint density at radius 2 is 1.75 bits per heavy atom. The highest BCUT2D eigenvalue weighted by atomic mass is 16.5. The molecule has 0 spiro atoms. The minimum absolute atomic E-state index is 0.117. The van der Waals surface area contributed by atoms with Crippen molar-refractivity contribution in [1.82, 2.24) is 5.32 Å². The Hall–Kier alpha value is -2.33. The highest BCUT2D eigenvalue weighted by Gasteiger charge is 2.13. The van der Waals surface area contributed by atoms with Crippen LogP contribution in [0.25, 0.3) is 0 Å². The Balaban J connectivity index is 1.89. The van der Waals surface area contributed by atoms with Crippen molar-refractivity contribution in [2.45, 2.75) is 26.3 Å². The quantitative estimate of drug-likeness (QED) is 0.783. The summed E-state index contributed by atoms with van der Waals surface area (Å²) in [6.07, 6.45) is 0.272. The van der Waals surface area contributed by atoms with E-state index < -0.39 is 0 Å². The SMILES string of the molecule is CC(C)COc1ccc(CC(=O)NC(CO)c2ccccc2)cc1. The maximum atomic E-state index is 12.2. The number of carbonyl (C=O) groups is 1. The van der Waals surface area contributed by atoms with Gasteiger partial charge in [0.2, 0.25) is 5.91 Å². The van der Waals surface area contributed by atoms with Gasteiger partial charge in [0.25, 0.3) is 0 Å². The summed E-state index contributed by atoms with van der Waals surface area (Å²) in [7, 11) is 0. The molecule has 4 heteroatoms. The lowest BCUT2D eigenvalue weighted by atomic mass is 10.1. The highest BCUT2D eigenvalue weighted by Crippen LogP contribution is 2.15. The first-order chi connectivity index (χ1) is 11.6. The number of aliphatic hydroxyl groups is 1. The average Bonchev–Trinajstić information content (AvgIpc) is 2.59. The first-order valence-corrected chi connectivity index (χ1v) is 8.25. The van der Waals surface area contributed by atoms with Gasteiger partial charge in [-0.2, -0.15) is 0 Å². The van der Waals surface area contributed by atoms with E-state index in [2.05, 4.69) is 19.2 Å². The number of aliphatic hydroxyl groups excluding tert-OH is 1. The molecule has 0 aliphatic rings. The van der Waals surface area contributed by atoms with E-state index in [0.29, 0.717) is 12.5 Å². The fourth-order valence-corrected chi connectivity index (χ4v) is 2.32. The third-order valence-electron chi connectivity index (χ3n) is 3.59. The summed E-state index contributed by atoms with van der Waals surface area (Å²) in [5.74, 6) is 1.17. The summed E-state index contributed by atoms with van der Waals surface area (Å²) in [5, 5.41) is 12.4. The van der Waals surface area contributed by atoms with Crippen molar-refractivity contribution in [2.24, 2.45) is 5.92 Å². The van der Waals surface area contributed by atoms with Gasteiger partial charge in [-0.25, -0.2) is 0 Å². The second-order valence-electron chi connectivity index (χ2n) is 6.24. The van der Waals surface area contributed by atoms with Gasteiger partial charge < -0.3 is 15.2 Å². The largest absolute Gasteiger partial charge is 0.493 e. The lowest BCUT2D eigenvalue weighted by Crippen LogP contribution is -2.31. The second-order valence-corrected chi connectivity index (χ2v) is 6.24. The Kier molecular flexibility index (Phi) is 6.82. The second kappa shape index (κ2) is 9.08. The van der Waals surface area contributed by atoms with Crippen LogP contribution in [0.5, 0.6) is 5.75 Å². The fraction of sp³-hybridized carbons (Fsp3) is 0.350. The summed E-state index contributed by atoms with van der Waals surface area (Å²) < 4.78 is 5.63. The number of amides is 1. The first-order valence-electron chi connectivity index (χ1n) is 8.25. The van der Waals surface area contributed by atoms with Gasteiger partial charge in [-0.3, -0.25) is 4.79 Å². The lowest BCUT2D eigenvalue weighted by Gasteiger charge is -2.17. The van der Waals surface area contributed by atoms with Crippen LogP contribution in [0.3, 0.4) is 0 Å². The van der Waals surface area contributed by atoms with Crippen molar-refractivity contribution in [3.63, 3.8) is 0 Å². The zero-order valence-corrected chi connectivity index (χ0v) is 14.2. The van der Waals surface area contributed by atoms with E-state index in [1.54, 1.807) is 0 Å². The maximum absolute atomic E-state index is 12.2. The van der Waals surface area contributed by atoms with Gasteiger partial charge in [0, 0.05) is 0 Å². The fourth-order valence-electron chi connectivity index (χ4n) is 2.32. The summed E-state index contributed by atoms with van der Waals surface area (Å²) in [4.78, 5) is 12.2. The van der Waals surface area contributed by atoms with E-state index in [9.17, 15) is 9.90 Å². The molecule has 0 aromatic heterocycles. The molecule has 1 atom stereocenters. The summed E-state index contributed by atoms with van der Waals surface area (Å²) in [6, 6.07) is 16.6. The van der Waals surface area contributed by atoms with Crippen LogP contribution in [0.2, 0.25) is 0 Å². The van der Waals surface area contributed by atoms with E-state index in [-0.39, 0.29) is 25.0 Å². The number of benzene rings is 2. The van der Waals surface area contributed by atoms with Crippen LogP contribution in [0.4, 0.5) is 0 Å². The van der Waals surface area contributed by atoms with E-state index >= 15 is 0 Å². The van der Waals surface area contributed by atoms with E-state index in [4.69, 9.17) is 4.74 Å². The molecule has 4 nitrogen and oxygen atoms in total. The molecule has 0 heterocycles. The van der Waals surface area contributed by atoms with Gasteiger partial charge >= 0.3 is 0 Å². The smallest absolute Gasteiger partial charge is 0.224 e. The van der Waals surface area contributed by atoms with Gasteiger partial charge in [-0.1, -0.05) is 56.3 Å². The molecule has 2 aromatic rings. The predicted octanol–water partition coefficient (Wildman–Crippen LogP) is 3.11. The molecule has 1 amide bonds. The van der Waals surface area contributed by atoms with Crippen LogP contribution in [0.15, 0.2) is 54.6 Å². The Bertz CT molecular complexity index is 623. The molecule has 1 unspecified atom stereocenters. The molecule has 2 aromatic carbocycles. The van der Waals surface area contributed by atoms with E-state index in [1.165, 1.54) is 0 Å². The highest BCUT2D eigenvalue weighted by molar-refractivity contribution is 5.79. The number of nitrogens with one attached hydrogen (secondary N) is 1. The van der Waals surface area contributed by atoms with Crippen molar-refractivity contribution in [3.8, 4) is 5.75 Å². The van der Waals surface area contributed by atoms with Crippen LogP contribution in [-0.2, 0) is 11.2 Å². The van der Waals surface area contributed by atoms with Gasteiger partial charge in [0.05, 0.1) is 25.7 Å². The van der Waals surface area contributed by atoms with Crippen molar-refractivity contribution in [3.05, 3.63) is 65.7 Å². The van der Waals surface area contributed by atoms with Crippen molar-refractivity contribution in [1.29, 1.82) is 0 Å². The monoisotopic (exact) mass is 327 g/mol. The molecule has 2 N–H and O–H groups in total. The predicted molar refractivity (Wildman–Crippen MR) is 94.9 cm³/mol. The van der Waals surface area contributed by atoms with Crippen LogP contribution >= 0.6 is 0 Å². The summed E-state index contributed by atoms with van der Waals surface area (Å²) in [6.45, 7) is 4.75. The Morgan fingerprint density at radius 1 is 1.08 bits per heavy atom. The van der Waals surface area contributed by atoms with Gasteiger partial charge in [0.15, 0.2) is 0 Å². The van der Waals surface area contributed by atoms with Gasteiger partial charge in [0.1, 0.15) is 5.75 Å². The van der Waals surface area contributed by atoms with Crippen molar-refractivity contribution in [2.75, 3.05) is 13.2 Å². The van der Waals surface area contributed by atoms with Crippen LogP contribution in [0.1, 0.15) is 31.0 Å². The molecular formula is C20H25NO3. The minimum atomic E-state index is -0.382. The van der Waals surface area contributed by atoms with Crippen LogP contribution < -0.4 is 10.1 Å². The molecule has 0 aliphatic heterocycles. The van der Waals surface area contributed by atoms with Gasteiger partial charge in [-0.05, 0) is 29.2 Å². The molecule has 2 rings (SSSR count). The zero-order chi connectivity index (χ0) is 17.4. The number of hydrogen-bond donors (Lipinski definition) is 2. The molecule has 128 valence electrons. The van der Waals surface area contributed by atoms with Gasteiger partial charge in [-0.15, -0.1) is 0 Å². The molecular weight excluding hydrogens is 302 g/mol. The third kappa shape index (κ3) is 5.70. The zero-order valence-electron chi connectivity index (χ0n) is 14.2. The van der Waals surface area contributed by atoms with Crippen molar-refractivity contribution < 1.29 is 14.6 Å². The lowest BCUT2D eigenvalue weighted by molar-refractivity contribution is -0.121. The Labute approximate surface area is 143 Å². The molecule has 0 aliphatic carbocycles. The normalized spacial score (nSPS) is 12.0. The van der Waals surface area contributed by atoms with Crippen LogP contribution in [0, 0.1) is 5.92 Å². The molecule has 0 radical (unpaired) electrons. The molecule has 0 fully saturated rings. The van der Waals surface area contributed by atoms with Crippen molar-refractivity contribution >= 4 is 5.91 Å². The van der Waals surface area contributed by atoms with E-state index in [0.717, 1.165) is 16.9 Å². The third-order valence-corrected chi connectivity index (χ3v) is 3.59. The number of rotatable bonds is 8. The molecule has 0 saturated carbocycles. The molecule has 0 bridgehead atoms. The maximum Gasteiger partial charge on any atom is 0.224 e. The minimum Gasteiger partial charge on any atom is -0.493 e. The average molecular weight is 327 g/mol. The number of hydrogen-bond acceptors (Lipinski definition) is 3. The number of ether oxygens (including phenoxy) is 1. The van der Waals surface area contributed by atoms with E-state index in [1.807, 2.05) is 54.6 Å². The standard InChI is InChI=1S/C20H25NO3/c1-15(2)14-24-18-10-8-16(9-11-18)12-20(23)21-19(13-22)17-6-4-3-5-7-17/h3-11,15,19,22H,12-14H2,1-2H3,(H,21,23). The van der Waals surface area contributed by atoms with Crippen LogP contribution in [-0.4, -0.2) is 24.2 Å².